The molecule has 3 aromatic heterocycles. The summed E-state index contributed by atoms with van der Waals surface area (Å²) >= 11 is 8.00. The number of anilines is 2. The fraction of sp³-hybridized carbons (Fsp3) is 0.452. The number of halogens is 1. The second-order valence-corrected chi connectivity index (χ2v) is 16.0. The van der Waals surface area contributed by atoms with Gasteiger partial charge in [-0.2, -0.15) is 0 Å². The van der Waals surface area contributed by atoms with Crippen molar-refractivity contribution in [3.8, 4) is 5.75 Å². The van der Waals surface area contributed by atoms with E-state index in [1.54, 1.807) is 13.3 Å². The van der Waals surface area contributed by atoms with Crippen LogP contribution in [0.1, 0.15) is 62.2 Å². The highest BCUT2D eigenvalue weighted by Gasteiger charge is 2.49. The Morgan fingerprint density at radius 1 is 1.19 bits per heavy atom. The van der Waals surface area contributed by atoms with Crippen LogP contribution in [0, 0.1) is 19.3 Å². The second kappa shape index (κ2) is 11.3. The molecule has 1 spiro atoms. The van der Waals surface area contributed by atoms with Crippen LogP contribution in [0.4, 0.5) is 11.8 Å². The average Bonchev–Trinajstić information content (AvgIpc) is 3.49. The largest absolute Gasteiger partial charge is 0.497 e. The molecule has 0 radical (unpaired) electrons. The maximum absolute atomic E-state index is 13.4. The molecule has 6 rings (SSSR count). The van der Waals surface area contributed by atoms with E-state index in [-0.39, 0.29) is 16.2 Å². The summed E-state index contributed by atoms with van der Waals surface area (Å²) in [5.74, 6) is 2.01. The number of fused-ring (bicyclic) bond motifs is 2. The van der Waals surface area contributed by atoms with Crippen LogP contribution in [-0.4, -0.2) is 48.5 Å². The zero-order valence-electron chi connectivity index (χ0n) is 25.4. The highest BCUT2D eigenvalue weighted by Crippen LogP contribution is 2.53. The first-order chi connectivity index (χ1) is 20.4. The van der Waals surface area contributed by atoms with Crippen LogP contribution < -0.4 is 20.1 Å². The third-order valence-electron chi connectivity index (χ3n) is 8.58. The standard InChI is InChI=1S/C31H38ClN7O2S2/c1-18-17-39-28(35-18)25(42-23-9-12-34-27(33)24(23)32)19(2)36-29(39)38-13-10-31(11-14-38)16-20-7-8-21(41-6)15-22(20)26(31)37-43(40)30(3,4)5/h7-9,12,15,17,26,37H,10-11,13-14,16H2,1-6H3,(H2,33,34). The highest BCUT2D eigenvalue weighted by atomic mass is 35.5. The minimum Gasteiger partial charge on any atom is -0.497 e. The van der Waals surface area contributed by atoms with Crippen molar-refractivity contribution in [3.63, 3.8) is 0 Å². The number of pyridine rings is 1. The van der Waals surface area contributed by atoms with Gasteiger partial charge in [0.15, 0.2) is 5.65 Å². The van der Waals surface area contributed by atoms with E-state index in [2.05, 4.69) is 31.1 Å². The first kappa shape index (κ1) is 30.2. The average molecular weight is 640 g/mol. The fourth-order valence-electron chi connectivity index (χ4n) is 6.23. The van der Waals surface area contributed by atoms with E-state index in [1.807, 2.05) is 52.9 Å². The van der Waals surface area contributed by atoms with E-state index >= 15 is 0 Å². The van der Waals surface area contributed by atoms with Crippen molar-refractivity contribution in [3.05, 3.63) is 64.2 Å². The number of aryl methyl sites for hydroxylation is 2. The van der Waals surface area contributed by atoms with Crippen molar-refractivity contribution in [1.82, 2.24) is 24.1 Å². The topological polar surface area (TPSA) is 111 Å². The van der Waals surface area contributed by atoms with Gasteiger partial charge in [-0.15, -0.1) is 0 Å². The molecule has 9 nitrogen and oxygen atoms in total. The number of hydrogen-bond acceptors (Lipinski definition) is 8. The van der Waals surface area contributed by atoms with Crippen molar-refractivity contribution < 1.29 is 8.95 Å². The number of hydrogen-bond donors (Lipinski definition) is 2. The first-order valence-corrected chi connectivity index (χ1v) is 16.8. The van der Waals surface area contributed by atoms with Crippen molar-refractivity contribution in [2.75, 3.05) is 30.8 Å². The maximum Gasteiger partial charge on any atom is 0.211 e. The molecular formula is C31H38ClN7O2S2. The minimum atomic E-state index is -1.21. The molecule has 2 unspecified atom stereocenters. The normalized spacial score (nSPS) is 18.8. The zero-order valence-corrected chi connectivity index (χ0v) is 27.8. The van der Waals surface area contributed by atoms with Gasteiger partial charge in [0.05, 0.1) is 50.2 Å². The predicted molar refractivity (Wildman–Crippen MR) is 175 cm³/mol. The number of ether oxygens (including phenoxy) is 1. The van der Waals surface area contributed by atoms with Gasteiger partial charge in [-0.05, 0) is 88.6 Å². The Kier molecular flexibility index (Phi) is 7.90. The van der Waals surface area contributed by atoms with Gasteiger partial charge in [0.1, 0.15) is 11.6 Å². The van der Waals surface area contributed by atoms with Crippen molar-refractivity contribution in [1.29, 1.82) is 0 Å². The lowest BCUT2D eigenvalue weighted by atomic mass is 9.73. The van der Waals surface area contributed by atoms with Gasteiger partial charge in [0.25, 0.3) is 0 Å². The van der Waals surface area contributed by atoms with E-state index in [9.17, 15) is 4.21 Å². The number of rotatable bonds is 6. The Morgan fingerprint density at radius 3 is 2.63 bits per heavy atom. The number of piperidine rings is 1. The number of imidazole rings is 1. The monoisotopic (exact) mass is 639 g/mol. The number of nitrogens with one attached hydrogen (secondary N) is 1. The molecule has 1 fully saturated rings. The third kappa shape index (κ3) is 5.49. The summed E-state index contributed by atoms with van der Waals surface area (Å²) in [4.78, 5) is 18.2. The second-order valence-electron chi connectivity index (χ2n) is 12.5. The molecule has 1 aliphatic carbocycles. The maximum atomic E-state index is 13.4. The third-order valence-corrected chi connectivity index (χ3v) is 11.9. The minimum absolute atomic E-state index is 0.0265. The lowest BCUT2D eigenvalue weighted by Gasteiger charge is -2.44. The summed E-state index contributed by atoms with van der Waals surface area (Å²) in [5.41, 5.74) is 11.1. The molecule has 1 aliphatic heterocycles. The van der Waals surface area contributed by atoms with Gasteiger partial charge in [-0.3, -0.25) is 4.40 Å². The van der Waals surface area contributed by atoms with Crippen LogP contribution in [0.5, 0.6) is 5.75 Å². The summed E-state index contributed by atoms with van der Waals surface area (Å²) in [6.07, 6.45) is 6.51. The van der Waals surface area contributed by atoms with Crippen LogP contribution in [0.2, 0.25) is 5.02 Å². The lowest BCUT2D eigenvalue weighted by molar-refractivity contribution is 0.176. The van der Waals surface area contributed by atoms with Gasteiger partial charge in [-0.1, -0.05) is 29.4 Å². The van der Waals surface area contributed by atoms with E-state index in [1.165, 1.54) is 22.9 Å². The van der Waals surface area contributed by atoms with Crippen LogP contribution >= 0.6 is 23.4 Å². The van der Waals surface area contributed by atoms with Crippen LogP contribution in [0.25, 0.3) is 5.65 Å². The molecule has 12 heteroatoms. The Balaban J connectivity index is 1.31. The molecule has 1 aromatic carbocycles. The van der Waals surface area contributed by atoms with Gasteiger partial charge in [0.2, 0.25) is 5.95 Å². The lowest BCUT2D eigenvalue weighted by Crippen LogP contribution is -2.48. The number of aromatic nitrogens is 4. The zero-order chi connectivity index (χ0) is 30.7. The Labute approximate surface area is 264 Å². The van der Waals surface area contributed by atoms with E-state index in [0.717, 1.165) is 70.9 Å². The quantitative estimate of drug-likeness (QED) is 0.262. The van der Waals surface area contributed by atoms with Gasteiger partial charge < -0.3 is 15.4 Å². The van der Waals surface area contributed by atoms with Crippen LogP contribution in [0.15, 0.2) is 46.5 Å². The molecule has 3 N–H and O–H groups in total. The van der Waals surface area contributed by atoms with Crippen molar-refractivity contribution in [2.45, 2.75) is 74.5 Å². The van der Waals surface area contributed by atoms with Crippen molar-refractivity contribution >= 4 is 51.8 Å². The molecule has 2 atom stereocenters. The molecule has 2 aliphatic rings. The number of benzene rings is 1. The summed E-state index contributed by atoms with van der Waals surface area (Å²) in [7, 11) is 0.484. The van der Waals surface area contributed by atoms with Crippen LogP contribution in [0.3, 0.4) is 0 Å². The summed E-state index contributed by atoms with van der Waals surface area (Å²) in [5, 5.41) is 0.435. The smallest absolute Gasteiger partial charge is 0.211 e. The molecule has 228 valence electrons. The van der Waals surface area contributed by atoms with Crippen LogP contribution in [-0.2, 0) is 17.4 Å². The number of nitrogens with two attached hydrogens (primary N) is 1. The molecule has 0 amide bonds. The molecule has 4 aromatic rings. The van der Waals surface area contributed by atoms with Gasteiger partial charge >= 0.3 is 0 Å². The van der Waals surface area contributed by atoms with E-state index < -0.39 is 11.0 Å². The molecule has 0 saturated carbocycles. The van der Waals surface area contributed by atoms with Gasteiger partial charge in [-0.25, -0.2) is 23.9 Å². The Hall–Kier alpha value is -2.86. The Bertz CT molecular complexity index is 1730. The molecule has 4 heterocycles. The highest BCUT2D eigenvalue weighted by molar-refractivity contribution is 7.99. The Morgan fingerprint density at radius 2 is 1.93 bits per heavy atom. The summed E-state index contributed by atoms with van der Waals surface area (Å²) in [6, 6.07) is 8.16. The fourth-order valence-corrected chi connectivity index (χ4v) is 8.37. The SMILES string of the molecule is COc1ccc2c(c1)C(NS(=O)C(C)(C)C)C1(CCN(c3nc(C)c(Sc4ccnc(N)c4Cl)c4nc(C)cn34)CC1)C2. The van der Waals surface area contributed by atoms with E-state index in [0.29, 0.717) is 10.8 Å². The molecular weight excluding hydrogens is 602 g/mol. The molecule has 1 saturated heterocycles. The molecule has 0 bridgehead atoms. The van der Waals surface area contributed by atoms with E-state index in [4.69, 9.17) is 32.0 Å². The predicted octanol–water partition coefficient (Wildman–Crippen LogP) is 6.07. The summed E-state index contributed by atoms with van der Waals surface area (Å²) < 4.78 is 24.3. The number of methoxy groups -OCH3 is 1. The van der Waals surface area contributed by atoms with Crippen molar-refractivity contribution in [2.24, 2.45) is 5.41 Å². The van der Waals surface area contributed by atoms with Gasteiger partial charge in [0, 0.05) is 30.4 Å². The number of nitrogens with zero attached hydrogens (tertiary/aromatic N) is 5. The number of nitrogen functional groups attached to an aromatic ring is 1. The molecule has 43 heavy (non-hydrogen) atoms. The summed E-state index contributed by atoms with van der Waals surface area (Å²) in [6.45, 7) is 11.7. The first-order valence-electron chi connectivity index (χ1n) is 14.4.